The summed E-state index contributed by atoms with van der Waals surface area (Å²) in [5.41, 5.74) is 0. The summed E-state index contributed by atoms with van der Waals surface area (Å²) in [7, 11) is 0. The Kier molecular flexibility index (Phi) is 6.09. The number of hydrogen-bond acceptors (Lipinski definition) is 0. The highest BCUT2D eigenvalue weighted by molar-refractivity contribution is 6.72. The minimum Gasteiger partial charge on any atom is -0.127 e. The van der Waals surface area contributed by atoms with Crippen LogP contribution in [-0.4, -0.2) is 19.4 Å². The van der Waals surface area contributed by atoms with Crippen LogP contribution in [0, 0.1) is 0 Å². The van der Waals surface area contributed by atoms with Gasteiger partial charge in [-0.05, 0) is 6.42 Å². The van der Waals surface area contributed by atoms with Gasteiger partial charge in [0.2, 0.25) is 3.79 Å². The zero-order valence-corrected chi connectivity index (χ0v) is 10.9. The van der Waals surface area contributed by atoms with Crippen LogP contribution in [0.1, 0.15) is 6.42 Å². The maximum Gasteiger partial charge on any atom is 0.209 e. The zero-order valence-electron chi connectivity index (χ0n) is 5.64. The van der Waals surface area contributed by atoms with Gasteiger partial charge >= 0.3 is 0 Å². The number of rotatable bonds is 3. The molecule has 0 fully saturated rings. The summed E-state index contributed by atoms with van der Waals surface area (Å²) in [6.45, 7) is 0. The Hall–Kier alpha value is 2.03. The summed E-state index contributed by atoms with van der Waals surface area (Å²) < 4.78 is -3.02. The highest BCUT2D eigenvalue weighted by Crippen LogP contribution is 2.46. The van der Waals surface area contributed by atoms with Crippen LogP contribution in [-0.2, 0) is 0 Å². The van der Waals surface area contributed by atoms with Crippen molar-refractivity contribution in [1.82, 2.24) is 0 Å². The maximum atomic E-state index is 5.77. The van der Waals surface area contributed by atoms with E-state index in [-0.39, 0.29) is 12.3 Å². The van der Waals surface area contributed by atoms with E-state index in [0.717, 1.165) is 0 Å². The molecule has 1 atom stereocenters. The van der Waals surface area contributed by atoms with Crippen molar-refractivity contribution in [3.05, 3.63) is 0 Å². The van der Waals surface area contributed by atoms with Crippen molar-refractivity contribution in [1.29, 1.82) is 0 Å². The van der Waals surface area contributed by atoms with E-state index in [1.165, 1.54) is 0 Å². The molecule has 0 rings (SSSR count). The standard InChI is InChI=1S/C5H5Cl7/c6-2-1-4(8,9)3(7)5(10,11)12/h3H,1-2H2. The summed E-state index contributed by atoms with van der Waals surface area (Å²) in [5, 5.41) is -1.00. The van der Waals surface area contributed by atoms with Gasteiger partial charge in [-0.25, -0.2) is 0 Å². The minimum atomic E-state index is -1.70. The lowest BCUT2D eigenvalue weighted by atomic mass is 10.2. The fourth-order valence-electron chi connectivity index (χ4n) is 0.492. The van der Waals surface area contributed by atoms with Crippen molar-refractivity contribution in [3.8, 4) is 0 Å². The molecule has 0 spiro atoms. The van der Waals surface area contributed by atoms with E-state index in [9.17, 15) is 0 Å². The molecule has 0 aromatic rings. The van der Waals surface area contributed by atoms with Crippen molar-refractivity contribution in [2.75, 3.05) is 5.88 Å². The Balaban J connectivity index is 4.34. The highest BCUT2D eigenvalue weighted by Gasteiger charge is 2.45. The van der Waals surface area contributed by atoms with Crippen LogP contribution in [0.15, 0.2) is 0 Å². The number of hydrogen-bond donors (Lipinski definition) is 0. The Morgan fingerprint density at radius 1 is 1.00 bits per heavy atom. The monoisotopic (exact) mass is 310 g/mol. The van der Waals surface area contributed by atoms with Crippen LogP contribution in [0.2, 0.25) is 0 Å². The van der Waals surface area contributed by atoms with Crippen molar-refractivity contribution in [3.63, 3.8) is 0 Å². The average Bonchev–Trinajstić information content (AvgIpc) is 1.84. The van der Waals surface area contributed by atoms with Crippen molar-refractivity contribution < 1.29 is 0 Å². The van der Waals surface area contributed by atoms with Crippen molar-refractivity contribution >= 4 is 81.2 Å². The molecule has 0 aromatic carbocycles. The molecular weight excluding hydrogens is 308 g/mol. The fraction of sp³-hybridized carbons (Fsp3) is 1.00. The molecule has 12 heavy (non-hydrogen) atoms. The van der Waals surface area contributed by atoms with Gasteiger partial charge in [0.05, 0.1) is 0 Å². The van der Waals surface area contributed by atoms with E-state index in [4.69, 9.17) is 81.2 Å². The molecule has 0 bridgehead atoms. The Bertz CT molecular complexity index is 137. The number of alkyl halides is 7. The predicted octanol–water partition coefficient (Wildman–Crippen LogP) is 4.77. The van der Waals surface area contributed by atoms with Gasteiger partial charge in [0, 0.05) is 5.88 Å². The third-order valence-electron chi connectivity index (χ3n) is 1.09. The van der Waals surface area contributed by atoms with Crippen LogP contribution in [0.4, 0.5) is 0 Å². The highest BCUT2D eigenvalue weighted by atomic mass is 35.6. The first-order chi connectivity index (χ1) is 5.22. The van der Waals surface area contributed by atoms with Gasteiger partial charge in [-0.3, -0.25) is 0 Å². The molecule has 0 aliphatic heterocycles. The van der Waals surface area contributed by atoms with Crippen molar-refractivity contribution in [2.24, 2.45) is 0 Å². The lowest BCUT2D eigenvalue weighted by molar-refractivity contribution is 0.695. The molecule has 0 nitrogen and oxygen atoms in total. The molecule has 0 aromatic heterocycles. The second-order valence-corrected chi connectivity index (χ2v) is 6.83. The van der Waals surface area contributed by atoms with E-state index < -0.39 is 13.5 Å². The summed E-state index contributed by atoms with van der Waals surface area (Å²) in [6.07, 6.45) is 0.250. The van der Waals surface area contributed by atoms with E-state index in [1.54, 1.807) is 0 Å². The van der Waals surface area contributed by atoms with Gasteiger partial charge < -0.3 is 0 Å². The molecule has 0 aliphatic carbocycles. The van der Waals surface area contributed by atoms with Gasteiger partial charge in [-0.15, -0.1) is 23.2 Å². The minimum absolute atomic E-state index is 0.247. The molecule has 0 saturated carbocycles. The van der Waals surface area contributed by atoms with Gasteiger partial charge in [-0.1, -0.05) is 58.0 Å². The molecular formula is C5H5Cl7. The Morgan fingerprint density at radius 2 is 1.42 bits per heavy atom. The maximum absolute atomic E-state index is 5.77. The van der Waals surface area contributed by atoms with Gasteiger partial charge in [-0.2, -0.15) is 0 Å². The largest absolute Gasteiger partial charge is 0.209 e. The Morgan fingerprint density at radius 3 is 1.67 bits per heavy atom. The summed E-state index contributed by atoms with van der Waals surface area (Å²) in [5.74, 6) is 0.247. The van der Waals surface area contributed by atoms with Crippen LogP contribution in [0.3, 0.4) is 0 Å². The van der Waals surface area contributed by atoms with E-state index in [1.807, 2.05) is 0 Å². The molecule has 1 unspecified atom stereocenters. The molecule has 0 aliphatic rings. The topological polar surface area (TPSA) is 0 Å². The quantitative estimate of drug-likeness (QED) is 0.659. The first-order valence-corrected chi connectivity index (χ1v) is 5.72. The fourth-order valence-corrected chi connectivity index (χ4v) is 2.50. The predicted molar refractivity (Wildman–Crippen MR) is 59.7 cm³/mol. The second-order valence-electron chi connectivity index (χ2n) is 2.10. The molecule has 0 radical (unpaired) electrons. The lowest BCUT2D eigenvalue weighted by Crippen LogP contribution is -2.37. The van der Waals surface area contributed by atoms with Crippen LogP contribution >= 0.6 is 81.2 Å². The second kappa shape index (κ2) is 5.21. The van der Waals surface area contributed by atoms with Crippen LogP contribution in [0.25, 0.3) is 0 Å². The number of halogens is 7. The van der Waals surface area contributed by atoms with Gasteiger partial charge in [0.15, 0.2) is 0 Å². The first kappa shape index (κ1) is 14.0. The molecule has 74 valence electrons. The van der Waals surface area contributed by atoms with E-state index in [2.05, 4.69) is 0 Å². The zero-order chi connectivity index (χ0) is 9.99. The first-order valence-electron chi connectivity index (χ1n) is 2.86. The van der Waals surface area contributed by atoms with E-state index >= 15 is 0 Å². The molecule has 0 amide bonds. The molecule has 0 heterocycles. The Labute approximate surface area is 106 Å². The molecule has 7 heteroatoms. The molecule has 0 saturated heterocycles. The molecule has 0 N–H and O–H groups in total. The van der Waals surface area contributed by atoms with Crippen LogP contribution < -0.4 is 0 Å². The van der Waals surface area contributed by atoms with Gasteiger partial charge in [0.25, 0.3) is 0 Å². The SMILES string of the molecule is ClCCC(Cl)(Cl)C(Cl)C(Cl)(Cl)Cl. The van der Waals surface area contributed by atoms with Crippen LogP contribution in [0.5, 0.6) is 0 Å². The normalized spacial score (nSPS) is 16.2. The third kappa shape index (κ3) is 4.50. The van der Waals surface area contributed by atoms with Crippen molar-refractivity contribution in [2.45, 2.75) is 19.9 Å². The lowest BCUT2D eigenvalue weighted by Gasteiger charge is -2.29. The van der Waals surface area contributed by atoms with Gasteiger partial charge in [0.1, 0.15) is 9.71 Å². The van der Waals surface area contributed by atoms with E-state index in [0.29, 0.717) is 0 Å². The third-order valence-corrected chi connectivity index (χ3v) is 4.00. The summed E-state index contributed by atoms with van der Waals surface area (Å²) >= 11 is 39.1. The smallest absolute Gasteiger partial charge is 0.127 e. The summed E-state index contributed by atoms with van der Waals surface area (Å²) in [6, 6.07) is 0. The summed E-state index contributed by atoms with van der Waals surface area (Å²) in [4.78, 5) is 0. The average molecular weight is 313 g/mol.